The third-order valence-electron chi connectivity index (χ3n) is 4.35. The van der Waals surface area contributed by atoms with Crippen LogP contribution < -0.4 is 10.0 Å². The topological polar surface area (TPSA) is 88.2 Å². The number of pyridine rings is 1. The fraction of sp³-hybridized carbons (Fsp3) is 0.333. The van der Waals surface area contributed by atoms with Crippen LogP contribution in [0.1, 0.15) is 48.8 Å². The highest BCUT2D eigenvalue weighted by Gasteiger charge is 2.32. The molecule has 0 radical (unpaired) electrons. The molecule has 1 aromatic heterocycles. The Bertz CT molecular complexity index is 1120. The van der Waals surface area contributed by atoms with Crippen LogP contribution in [0.4, 0.5) is 23.2 Å². The van der Waals surface area contributed by atoms with Crippen molar-refractivity contribution in [2.45, 2.75) is 38.9 Å². The Labute approximate surface area is 183 Å². The lowest BCUT2D eigenvalue weighted by atomic mass is 10.1. The van der Waals surface area contributed by atoms with Gasteiger partial charge in [0.15, 0.2) is 0 Å². The molecule has 0 aliphatic heterocycles. The monoisotopic (exact) mass is 473 g/mol. The van der Waals surface area contributed by atoms with E-state index >= 15 is 0 Å². The number of aryl methyl sites for hydroxylation is 1. The number of alkyl halides is 3. The normalized spacial score (nSPS) is 13.2. The summed E-state index contributed by atoms with van der Waals surface area (Å²) >= 11 is 0. The van der Waals surface area contributed by atoms with E-state index in [-0.39, 0.29) is 11.4 Å². The van der Waals surface area contributed by atoms with Gasteiger partial charge < -0.3 is 5.32 Å². The first-order chi connectivity index (χ1) is 14.8. The molecule has 11 heteroatoms. The average molecular weight is 473 g/mol. The number of halogens is 4. The minimum Gasteiger partial charge on any atom is -0.346 e. The van der Waals surface area contributed by atoms with Crippen molar-refractivity contribution in [2.75, 3.05) is 11.0 Å². The van der Waals surface area contributed by atoms with Crippen LogP contribution in [-0.2, 0) is 27.4 Å². The second-order valence-electron chi connectivity index (χ2n) is 7.16. The molecule has 2 rings (SSSR count). The summed E-state index contributed by atoms with van der Waals surface area (Å²) < 4.78 is 77.3. The number of sulfonamides is 1. The maximum Gasteiger partial charge on any atom is 0.433 e. The Morgan fingerprint density at radius 3 is 2.47 bits per heavy atom. The molecule has 0 saturated carbocycles. The standard InChI is InChI=1S/C21H23F4N3O3S/c1-4-5-17-14(7-10-19(27-17)21(23,24)25)8-11-20(29)26-13(2)15-6-9-18(16(22)12-15)28-32(3,30)31/h6-13,28H,4-5H2,1-3H3,(H,26,29)/b11-8-/t13-/m1/s1. The van der Waals surface area contributed by atoms with Crippen LogP contribution in [0, 0.1) is 5.82 Å². The Morgan fingerprint density at radius 2 is 1.91 bits per heavy atom. The minimum atomic E-state index is -4.56. The molecule has 0 aliphatic rings. The zero-order chi connectivity index (χ0) is 24.1. The SMILES string of the molecule is CCCc1nc(C(F)(F)F)ccc1/C=C\C(=O)N[C@H](C)c1ccc(NS(C)(=O)=O)c(F)c1. The van der Waals surface area contributed by atoms with Crippen LogP contribution in [0.25, 0.3) is 6.08 Å². The summed E-state index contributed by atoms with van der Waals surface area (Å²) in [6.45, 7) is 3.41. The number of hydrogen-bond donors (Lipinski definition) is 2. The largest absolute Gasteiger partial charge is 0.433 e. The van der Waals surface area contributed by atoms with Crippen molar-refractivity contribution in [2.24, 2.45) is 0 Å². The third kappa shape index (κ3) is 7.33. The summed E-state index contributed by atoms with van der Waals surface area (Å²) in [5.41, 5.74) is -0.188. The van der Waals surface area contributed by atoms with Crippen LogP contribution >= 0.6 is 0 Å². The van der Waals surface area contributed by atoms with Gasteiger partial charge in [0, 0.05) is 11.8 Å². The second-order valence-corrected chi connectivity index (χ2v) is 8.91. The van der Waals surface area contributed by atoms with E-state index in [0.29, 0.717) is 24.0 Å². The Balaban J connectivity index is 2.12. The van der Waals surface area contributed by atoms with E-state index in [1.807, 2.05) is 4.72 Å². The van der Waals surface area contributed by atoms with Gasteiger partial charge in [-0.05, 0) is 48.7 Å². The molecule has 1 aromatic carbocycles. The van der Waals surface area contributed by atoms with Crippen LogP contribution in [0.15, 0.2) is 36.4 Å². The average Bonchev–Trinajstić information content (AvgIpc) is 2.67. The summed E-state index contributed by atoms with van der Waals surface area (Å²) in [6.07, 6.45) is -0.231. The van der Waals surface area contributed by atoms with Crippen molar-refractivity contribution >= 4 is 27.7 Å². The molecule has 6 nitrogen and oxygen atoms in total. The summed E-state index contributed by atoms with van der Waals surface area (Å²) in [5.74, 6) is -1.34. The number of anilines is 1. The summed E-state index contributed by atoms with van der Waals surface area (Å²) in [5, 5.41) is 2.62. The maximum atomic E-state index is 14.1. The first kappa shape index (κ1) is 25.3. The number of carbonyl (C=O) groups is 1. The number of aromatic nitrogens is 1. The fourth-order valence-electron chi connectivity index (χ4n) is 2.85. The number of nitrogens with zero attached hydrogens (tertiary/aromatic N) is 1. The molecule has 0 unspecified atom stereocenters. The molecular formula is C21H23F4N3O3S. The smallest absolute Gasteiger partial charge is 0.346 e. The number of hydrogen-bond acceptors (Lipinski definition) is 4. The van der Waals surface area contributed by atoms with Gasteiger partial charge in [0.05, 0.1) is 18.0 Å². The number of nitrogens with one attached hydrogen (secondary N) is 2. The highest BCUT2D eigenvalue weighted by molar-refractivity contribution is 7.92. The molecule has 32 heavy (non-hydrogen) atoms. The van der Waals surface area contributed by atoms with Gasteiger partial charge in [0.25, 0.3) is 0 Å². The number of amides is 1. The molecule has 0 fully saturated rings. The number of benzene rings is 1. The molecule has 0 spiro atoms. The van der Waals surface area contributed by atoms with Gasteiger partial charge in [-0.25, -0.2) is 17.8 Å². The molecule has 1 amide bonds. The van der Waals surface area contributed by atoms with Crippen LogP contribution in [-0.4, -0.2) is 25.6 Å². The predicted octanol–water partition coefficient (Wildman–Crippen LogP) is 4.45. The number of carbonyl (C=O) groups excluding carboxylic acids is 1. The summed E-state index contributed by atoms with van der Waals surface area (Å²) in [4.78, 5) is 15.9. The molecule has 2 N–H and O–H groups in total. The van der Waals surface area contributed by atoms with Gasteiger partial charge >= 0.3 is 6.18 Å². The first-order valence-corrected chi connectivity index (χ1v) is 11.5. The second kappa shape index (κ2) is 10.1. The zero-order valence-corrected chi connectivity index (χ0v) is 18.4. The third-order valence-corrected chi connectivity index (χ3v) is 4.94. The van der Waals surface area contributed by atoms with Crippen molar-refractivity contribution in [3.05, 3.63) is 64.7 Å². The Hall–Kier alpha value is -2.95. The van der Waals surface area contributed by atoms with Crippen LogP contribution in [0.5, 0.6) is 0 Å². The van der Waals surface area contributed by atoms with Gasteiger partial charge in [-0.15, -0.1) is 0 Å². The van der Waals surface area contributed by atoms with E-state index in [2.05, 4.69) is 10.3 Å². The van der Waals surface area contributed by atoms with Crippen molar-refractivity contribution in [1.82, 2.24) is 10.3 Å². The molecule has 1 heterocycles. The van der Waals surface area contributed by atoms with E-state index in [0.717, 1.165) is 24.5 Å². The van der Waals surface area contributed by atoms with E-state index in [1.54, 1.807) is 13.8 Å². The van der Waals surface area contributed by atoms with Crippen LogP contribution in [0.2, 0.25) is 0 Å². The van der Waals surface area contributed by atoms with Gasteiger partial charge in [-0.3, -0.25) is 9.52 Å². The van der Waals surface area contributed by atoms with Crippen molar-refractivity contribution < 1.29 is 30.8 Å². The maximum absolute atomic E-state index is 14.1. The minimum absolute atomic E-state index is 0.215. The Morgan fingerprint density at radius 1 is 1.22 bits per heavy atom. The molecular weight excluding hydrogens is 450 g/mol. The Kier molecular flexibility index (Phi) is 8.00. The summed E-state index contributed by atoms with van der Waals surface area (Å²) in [6, 6.07) is 5.31. The van der Waals surface area contributed by atoms with E-state index in [9.17, 15) is 30.8 Å². The van der Waals surface area contributed by atoms with Gasteiger partial charge in [-0.2, -0.15) is 13.2 Å². The predicted molar refractivity (Wildman–Crippen MR) is 114 cm³/mol. The van der Waals surface area contributed by atoms with Gasteiger partial charge in [0.1, 0.15) is 11.5 Å². The quantitative estimate of drug-likeness (QED) is 0.438. The van der Waals surface area contributed by atoms with E-state index in [4.69, 9.17) is 0 Å². The lowest BCUT2D eigenvalue weighted by Gasteiger charge is -2.15. The molecule has 174 valence electrons. The fourth-order valence-corrected chi connectivity index (χ4v) is 3.42. The lowest BCUT2D eigenvalue weighted by Crippen LogP contribution is -2.24. The molecule has 0 aliphatic carbocycles. The lowest BCUT2D eigenvalue weighted by molar-refractivity contribution is -0.141. The van der Waals surface area contributed by atoms with Crippen molar-refractivity contribution in [1.29, 1.82) is 0 Å². The van der Waals surface area contributed by atoms with E-state index < -0.39 is 39.7 Å². The number of rotatable bonds is 8. The molecule has 0 saturated heterocycles. The summed E-state index contributed by atoms with van der Waals surface area (Å²) in [7, 11) is -3.64. The molecule has 1 atom stereocenters. The first-order valence-electron chi connectivity index (χ1n) is 9.63. The van der Waals surface area contributed by atoms with Crippen LogP contribution in [0.3, 0.4) is 0 Å². The zero-order valence-electron chi connectivity index (χ0n) is 17.6. The van der Waals surface area contributed by atoms with E-state index in [1.165, 1.54) is 24.3 Å². The van der Waals surface area contributed by atoms with Crippen molar-refractivity contribution in [3.8, 4) is 0 Å². The molecule has 2 aromatic rings. The highest BCUT2D eigenvalue weighted by Crippen LogP contribution is 2.29. The van der Waals surface area contributed by atoms with Gasteiger partial charge in [-0.1, -0.05) is 25.5 Å². The molecule has 0 bridgehead atoms. The van der Waals surface area contributed by atoms with Gasteiger partial charge in [0.2, 0.25) is 15.9 Å². The van der Waals surface area contributed by atoms with Crippen molar-refractivity contribution in [3.63, 3.8) is 0 Å². The highest BCUT2D eigenvalue weighted by atomic mass is 32.2.